The van der Waals surface area contributed by atoms with Crippen LogP contribution in [0.1, 0.15) is 0 Å². The molecule has 8 nitrogen and oxygen atoms in total. The van der Waals surface area contributed by atoms with Gasteiger partial charge >= 0.3 is 0 Å². The van der Waals surface area contributed by atoms with Gasteiger partial charge in [0.25, 0.3) is 5.91 Å². The van der Waals surface area contributed by atoms with E-state index < -0.39 is 49.8 Å². The van der Waals surface area contributed by atoms with E-state index >= 15 is 0 Å². The molecule has 5 atom stereocenters. The lowest BCUT2D eigenvalue weighted by atomic mass is 9.98. The summed E-state index contributed by atoms with van der Waals surface area (Å²) in [5.41, 5.74) is 0. The highest BCUT2D eigenvalue weighted by Gasteiger charge is 2.43. The van der Waals surface area contributed by atoms with E-state index in [4.69, 9.17) is 37.8 Å². The highest BCUT2D eigenvalue weighted by Crippen LogP contribution is 2.27. The minimum Gasteiger partial charge on any atom is -0.482 e. The number of aliphatic hydroxyl groups excluding tert-OH is 4. The van der Waals surface area contributed by atoms with Crippen LogP contribution in [0.2, 0.25) is 10.0 Å². The molecule has 0 unspecified atom stereocenters. The van der Waals surface area contributed by atoms with Crippen LogP contribution in [0.3, 0.4) is 0 Å². The molecule has 1 fully saturated rings. The third kappa shape index (κ3) is 4.48. The van der Waals surface area contributed by atoms with Crippen molar-refractivity contribution in [3.05, 3.63) is 28.2 Å². The number of nitrogens with one attached hydrogen (secondary N) is 1. The van der Waals surface area contributed by atoms with Crippen LogP contribution >= 0.6 is 23.2 Å². The van der Waals surface area contributed by atoms with Gasteiger partial charge in [0.05, 0.1) is 11.6 Å². The zero-order chi connectivity index (χ0) is 17.9. The summed E-state index contributed by atoms with van der Waals surface area (Å²) in [4.78, 5) is 11.9. The maximum absolute atomic E-state index is 11.9. The summed E-state index contributed by atoms with van der Waals surface area (Å²) in [6.07, 6.45) is -7.06. The standard InChI is InChI=1S/C14H17Cl2NO7/c15-6-1-2-8(7(16)3-6)23-5-10(19)17-14-13(22)12(21)11(20)9(4-18)24-14/h1-3,9,11-14,18,20-22H,4-5H2,(H,17,19)/t9-,11-,12+,13-,14-/m1/s1. The van der Waals surface area contributed by atoms with Gasteiger partial charge in [0.15, 0.2) is 12.8 Å². The number of aliphatic hydroxyl groups is 4. The van der Waals surface area contributed by atoms with Crippen molar-refractivity contribution in [2.24, 2.45) is 0 Å². The fourth-order valence-electron chi connectivity index (χ4n) is 2.16. The average molecular weight is 382 g/mol. The monoisotopic (exact) mass is 381 g/mol. The fraction of sp³-hybridized carbons (Fsp3) is 0.500. The number of amides is 1. The number of carbonyl (C=O) groups is 1. The number of ether oxygens (including phenoxy) is 2. The molecule has 1 aliphatic rings. The molecule has 0 radical (unpaired) electrons. The number of carbonyl (C=O) groups excluding carboxylic acids is 1. The zero-order valence-corrected chi connectivity index (χ0v) is 13.8. The lowest BCUT2D eigenvalue weighted by Crippen LogP contribution is -2.63. The molecule has 5 N–H and O–H groups in total. The van der Waals surface area contributed by atoms with E-state index in [0.29, 0.717) is 5.02 Å². The van der Waals surface area contributed by atoms with Gasteiger partial charge in [-0.15, -0.1) is 0 Å². The Morgan fingerprint density at radius 3 is 2.54 bits per heavy atom. The van der Waals surface area contributed by atoms with Gasteiger partial charge in [0.2, 0.25) is 0 Å². The highest BCUT2D eigenvalue weighted by atomic mass is 35.5. The van der Waals surface area contributed by atoms with E-state index in [0.717, 1.165) is 0 Å². The molecular weight excluding hydrogens is 365 g/mol. The topological polar surface area (TPSA) is 128 Å². The molecule has 0 aliphatic carbocycles. The highest BCUT2D eigenvalue weighted by molar-refractivity contribution is 6.35. The molecular formula is C14H17Cl2NO7. The summed E-state index contributed by atoms with van der Waals surface area (Å²) in [5, 5.41) is 41.1. The molecule has 1 heterocycles. The molecule has 0 spiro atoms. The molecule has 2 rings (SSSR count). The van der Waals surface area contributed by atoms with Crippen molar-refractivity contribution in [1.82, 2.24) is 5.32 Å². The first-order chi connectivity index (χ1) is 11.3. The molecule has 1 aromatic rings. The second-order valence-electron chi connectivity index (χ2n) is 5.18. The minimum atomic E-state index is -1.58. The molecule has 1 saturated heterocycles. The van der Waals surface area contributed by atoms with Crippen LogP contribution in [-0.4, -0.2) is 70.2 Å². The Bertz CT molecular complexity index is 586. The third-order valence-corrected chi connectivity index (χ3v) is 3.98. The normalized spacial score (nSPS) is 30.0. The second kappa shape index (κ2) is 8.30. The lowest BCUT2D eigenvalue weighted by Gasteiger charge is -2.40. The Kier molecular flexibility index (Phi) is 6.64. The van der Waals surface area contributed by atoms with Crippen molar-refractivity contribution >= 4 is 29.1 Å². The first-order valence-corrected chi connectivity index (χ1v) is 7.76. The number of hydrogen-bond acceptors (Lipinski definition) is 7. The summed E-state index contributed by atoms with van der Waals surface area (Å²) in [5.74, 6) is -0.421. The van der Waals surface area contributed by atoms with Crippen LogP contribution in [0, 0.1) is 0 Å². The summed E-state index contributed by atoms with van der Waals surface area (Å²) in [7, 11) is 0. The zero-order valence-electron chi connectivity index (χ0n) is 12.3. The number of benzene rings is 1. The fourth-order valence-corrected chi connectivity index (χ4v) is 2.62. The first kappa shape index (κ1) is 19.2. The summed E-state index contributed by atoms with van der Waals surface area (Å²) in [6.45, 7) is -1.02. The van der Waals surface area contributed by atoms with Gasteiger partial charge in [-0.05, 0) is 18.2 Å². The Labute approximate surface area is 147 Å². The molecule has 24 heavy (non-hydrogen) atoms. The van der Waals surface area contributed by atoms with E-state index in [1.165, 1.54) is 18.2 Å². The largest absolute Gasteiger partial charge is 0.482 e. The SMILES string of the molecule is O=C(COc1ccc(Cl)cc1Cl)N[C@@H]1O[C@H](CO)[C@@H](O)[C@H](O)[C@H]1O. The van der Waals surface area contributed by atoms with E-state index in [1.54, 1.807) is 0 Å². The summed E-state index contributed by atoms with van der Waals surface area (Å²) in [6, 6.07) is 4.48. The van der Waals surface area contributed by atoms with E-state index in [-0.39, 0.29) is 10.8 Å². The minimum absolute atomic E-state index is 0.225. The molecule has 0 bridgehead atoms. The van der Waals surface area contributed by atoms with Gasteiger partial charge in [0, 0.05) is 5.02 Å². The Hall–Kier alpha value is -1.13. The van der Waals surface area contributed by atoms with Crippen molar-refractivity contribution in [2.75, 3.05) is 13.2 Å². The maximum atomic E-state index is 11.9. The molecule has 1 aromatic carbocycles. The van der Waals surface area contributed by atoms with Crippen molar-refractivity contribution in [3.8, 4) is 5.75 Å². The molecule has 1 aliphatic heterocycles. The smallest absolute Gasteiger partial charge is 0.259 e. The van der Waals surface area contributed by atoms with Gasteiger partial charge in [-0.3, -0.25) is 4.79 Å². The molecule has 134 valence electrons. The predicted octanol–water partition coefficient (Wildman–Crippen LogP) is -0.712. The molecule has 0 saturated carbocycles. The van der Waals surface area contributed by atoms with Crippen LogP contribution < -0.4 is 10.1 Å². The van der Waals surface area contributed by atoms with Gasteiger partial charge in [-0.2, -0.15) is 0 Å². The van der Waals surface area contributed by atoms with Gasteiger partial charge in [0.1, 0.15) is 30.2 Å². The average Bonchev–Trinajstić information content (AvgIpc) is 2.54. The van der Waals surface area contributed by atoms with Crippen LogP contribution in [0.15, 0.2) is 18.2 Å². The third-order valence-electron chi connectivity index (χ3n) is 3.45. The Morgan fingerprint density at radius 2 is 1.92 bits per heavy atom. The number of halogens is 2. The van der Waals surface area contributed by atoms with Gasteiger partial charge in [-0.1, -0.05) is 23.2 Å². The van der Waals surface area contributed by atoms with Gasteiger partial charge < -0.3 is 35.2 Å². The number of hydrogen-bond donors (Lipinski definition) is 5. The first-order valence-electron chi connectivity index (χ1n) is 7.01. The predicted molar refractivity (Wildman–Crippen MR) is 83.9 cm³/mol. The van der Waals surface area contributed by atoms with Crippen LogP contribution in [0.4, 0.5) is 0 Å². The Morgan fingerprint density at radius 1 is 1.21 bits per heavy atom. The van der Waals surface area contributed by atoms with Crippen LogP contribution in [-0.2, 0) is 9.53 Å². The molecule has 0 aromatic heterocycles. The van der Waals surface area contributed by atoms with Crippen molar-refractivity contribution in [3.63, 3.8) is 0 Å². The quantitative estimate of drug-likeness (QED) is 0.455. The maximum Gasteiger partial charge on any atom is 0.259 e. The van der Waals surface area contributed by atoms with Crippen molar-refractivity contribution < 1.29 is 34.7 Å². The van der Waals surface area contributed by atoms with Crippen molar-refractivity contribution in [2.45, 2.75) is 30.6 Å². The Balaban J connectivity index is 1.91. The van der Waals surface area contributed by atoms with E-state index in [1.807, 2.05) is 0 Å². The van der Waals surface area contributed by atoms with Crippen LogP contribution in [0.25, 0.3) is 0 Å². The second-order valence-corrected chi connectivity index (χ2v) is 6.02. The lowest BCUT2D eigenvalue weighted by molar-refractivity contribution is -0.236. The molecule has 1 amide bonds. The summed E-state index contributed by atoms with van der Waals surface area (Å²) < 4.78 is 10.4. The molecule has 10 heteroatoms. The van der Waals surface area contributed by atoms with E-state index in [2.05, 4.69) is 5.32 Å². The van der Waals surface area contributed by atoms with Crippen LogP contribution in [0.5, 0.6) is 5.75 Å². The van der Waals surface area contributed by atoms with E-state index in [9.17, 15) is 20.1 Å². The van der Waals surface area contributed by atoms with Gasteiger partial charge in [-0.25, -0.2) is 0 Å². The number of rotatable bonds is 5. The van der Waals surface area contributed by atoms with Crippen molar-refractivity contribution in [1.29, 1.82) is 0 Å². The summed E-state index contributed by atoms with van der Waals surface area (Å²) >= 11 is 11.7.